The highest BCUT2D eigenvalue weighted by atomic mass is 19.3. The Hall–Kier alpha value is -1.16. The Balaban J connectivity index is 2.66. The minimum absolute atomic E-state index is 0.162. The number of rotatable bonds is 4. The first-order valence-electron chi connectivity index (χ1n) is 4.30. The second kappa shape index (κ2) is 4.91. The van der Waals surface area contributed by atoms with Crippen LogP contribution in [0, 0.1) is 0 Å². The lowest BCUT2D eigenvalue weighted by Crippen LogP contribution is -2.30. The highest BCUT2D eigenvalue weighted by molar-refractivity contribution is 5.28. The van der Waals surface area contributed by atoms with Crippen LogP contribution in [0.2, 0.25) is 0 Å². The van der Waals surface area contributed by atoms with Crippen LogP contribution in [0.1, 0.15) is 5.56 Å². The van der Waals surface area contributed by atoms with E-state index in [-0.39, 0.29) is 6.42 Å². The lowest BCUT2D eigenvalue weighted by Gasteiger charge is -2.10. The van der Waals surface area contributed by atoms with Crippen LogP contribution in [0.3, 0.4) is 0 Å². The van der Waals surface area contributed by atoms with Crippen molar-refractivity contribution in [2.24, 2.45) is 5.73 Å². The summed E-state index contributed by atoms with van der Waals surface area (Å²) in [7, 11) is 1.53. The van der Waals surface area contributed by atoms with Gasteiger partial charge in [0.1, 0.15) is 5.75 Å². The van der Waals surface area contributed by atoms with Crippen LogP contribution in [-0.2, 0) is 6.42 Å². The molecule has 78 valence electrons. The normalized spacial score (nSPS) is 12.9. The molecule has 1 atom stereocenters. The molecule has 0 aromatic heterocycles. The summed E-state index contributed by atoms with van der Waals surface area (Å²) in [5, 5.41) is 0. The molecule has 0 heterocycles. The van der Waals surface area contributed by atoms with Crippen LogP contribution in [0.25, 0.3) is 0 Å². The van der Waals surface area contributed by atoms with E-state index in [4.69, 9.17) is 10.5 Å². The summed E-state index contributed by atoms with van der Waals surface area (Å²) < 4.78 is 29.2. The molecule has 0 fully saturated rings. The molecule has 0 aliphatic carbocycles. The van der Waals surface area contributed by atoms with Gasteiger partial charge in [-0.1, -0.05) is 12.1 Å². The standard InChI is InChI=1S/C10H13F2NO/c1-14-8-4-2-3-7(5-8)6-9(13)10(11)12/h2-5,9-10H,6,13H2,1H3. The molecule has 0 saturated carbocycles. The molecule has 1 aromatic rings. The molecule has 2 N–H and O–H groups in total. The molecular formula is C10H13F2NO. The summed E-state index contributed by atoms with van der Waals surface area (Å²) in [6.45, 7) is 0. The molecule has 0 bridgehead atoms. The van der Waals surface area contributed by atoms with E-state index in [0.717, 1.165) is 5.56 Å². The van der Waals surface area contributed by atoms with E-state index >= 15 is 0 Å². The molecular weight excluding hydrogens is 188 g/mol. The van der Waals surface area contributed by atoms with E-state index in [1.165, 1.54) is 7.11 Å². The highest BCUT2D eigenvalue weighted by Crippen LogP contribution is 2.15. The maximum atomic E-state index is 12.1. The molecule has 0 aliphatic heterocycles. The van der Waals surface area contributed by atoms with Gasteiger partial charge in [0.25, 0.3) is 6.43 Å². The van der Waals surface area contributed by atoms with Crippen LogP contribution in [0.4, 0.5) is 8.78 Å². The molecule has 2 nitrogen and oxygen atoms in total. The van der Waals surface area contributed by atoms with Gasteiger partial charge in [-0.3, -0.25) is 0 Å². The summed E-state index contributed by atoms with van der Waals surface area (Å²) in [5.41, 5.74) is 6.01. The number of ether oxygens (including phenoxy) is 1. The van der Waals surface area contributed by atoms with Crippen molar-refractivity contribution in [2.75, 3.05) is 7.11 Å². The predicted molar refractivity (Wildman–Crippen MR) is 50.7 cm³/mol. The van der Waals surface area contributed by atoms with Crippen LogP contribution >= 0.6 is 0 Å². The molecule has 0 radical (unpaired) electrons. The van der Waals surface area contributed by atoms with Crippen molar-refractivity contribution >= 4 is 0 Å². The van der Waals surface area contributed by atoms with Gasteiger partial charge in [0.15, 0.2) is 0 Å². The summed E-state index contributed by atoms with van der Waals surface area (Å²) >= 11 is 0. The Kier molecular flexibility index (Phi) is 3.83. The van der Waals surface area contributed by atoms with E-state index < -0.39 is 12.5 Å². The summed E-state index contributed by atoms with van der Waals surface area (Å²) in [6, 6.07) is 5.87. The minimum Gasteiger partial charge on any atom is -0.497 e. The van der Waals surface area contributed by atoms with Crippen LogP contribution in [-0.4, -0.2) is 19.6 Å². The molecule has 0 spiro atoms. The lowest BCUT2D eigenvalue weighted by atomic mass is 10.1. The first-order chi connectivity index (χ1) is 6.63. The second-order valence-electron chi connectivity index (χ2n) is 3.05. The van der Waals surface area contributed by atoms with Gasteiger partial charge in [0.2, 0.25) is 0 Å². The van der Waals surface area contributed by atoms with Crippen molar-refractivity contribution in [1.29, 1.82) is 0 Å². The largest absolute Gasteiger partial charge is 0.497 e. The molecule has 0 saturated heterocycles. The maximum Gasteiger partial charge on any atom is 0.253 e. The maximum absolute atomic E-state index is 12.1. The van der Waals surface area contributed by atoms with Gasteiger partial charge >= 0.3 is 0 Å². The number of hydrogen-bond acceptors (Lipinski definition) is 2. The number of halogens is 2. The van der Waals surface area contributed by atoms with Gasteiger partial charge in [-0.2, -0.15) is 0 Å². The molecule has 1 unspecified atom stereocenters. The van der Waals surface area contributed by atoms with Crippen molar-refractivity contribution in [3.05, 3.63) is 29.8 Å². The Labute approximate surface area is 81.7 Å². The Bertz CT molecular complexity index is 291. The number of nitrogens with two attached hydrogens (primary N) is 1. The van der Waals surface area contributed by atoms with E-state index in [0.29, 0.717) is 5.75 Å². The fourth-order valence-corrected chi connectivity index (χ4v) is 1.16. The van der Waals surface area contributed by atoms with Crippen molar-refractivity contribution in [3.63, 3.8) is 0 Å². The smallest absolute Gasteiger partial charge is 0.253 e. The average Bonchev–Trinajstić information content (AvgIpc) is 2.18. The number of hydrogen-bond donors (Lipinski definition) is 1. The van der Waals surface area contributed by atoms with Gasteiger partial charge in [-0.25, -0.2) is 8.78 Å². The monoisotopic (exact) mass is 201 g/mol. The number of benzene rings is 1. The SMILES string of the molecule is COc1cccc(CC(N)C(F)F)c1. The third kappa shape index (κ3) is 2.96. The van der Waals surface area contributed by atoms with Crippen molar-refractivity contribution in [1.82, 2.24) is 0 Å². The average molecular weight is 201 g/mol. The number of methoxy groups -OCH3 is 1. The molecule has 1 rings (SSSR count). The van der Waals surface area contributed by atoms with E-state index in [9.17, 15) is 8.78 Å². The zero-order valence-electron chi connectivity index (χ0n) is 7.91. The first kappa shape index (κ1) is 10.9. The second-order valence-corrected chi connectivity index (χ2v) is 3.05. The molecule has 0 amide bonds. The fraction of sp³-hybridized carbons (Fsp3) is 0.400. The van der Waals surface area contributed by atoms with E-state index in [1.54, 1.807) is 24.3 Å². The number of alkyl halides is 2. The third-order valence-corrected chi connectivity index (χ3v) is 1.93. The summed E-state index contributed by atoms with van der Waals surface area (Å²) in [4.78, 5) is 0. The van der Waals surface area contributed by atoms with E-state index in [2.05, 4.69) is 0 Å². The van der Waals surface area contributed by atoms with Crippen molar-refractivity contribution in [3.8, 4) is 5.75 Å². The van der Waals surface area contributed by atoms with Gasteiger partial charge in [-0.05, 0) is 24.1 Å². The van der Waals surface area contributed by atoms with Crippen LogP contribution in [0.15, 0.2) is 24.3 Å². The minimum atomic E-state index is -2.48. The van der Waals surface area contributed by atoms with Crippen LogP contribution in [0.5, 0.6) is 5.75 Å². The highest BCUT2D eigenvalue weighted by Gasteiger charge is 2.15. The Morgan fingerprint density at radius 1 is 1.43 bits per heavy atom. The van der Waals surface area contributed by atoms with Crippen molar-refractivity contribution < 1.29 is 13.5 Å². The summed E-state index contributed by atoms with van der Waals surface area (Å²) in [6.07, 6.45) is -2.32. The quantitative estimate of drug-likeness (QED) is 0.806. The molecule has 1 aromatic carbocycles. The first-order valence-corrected chi connectivity index (χ1v) is 4.30. The summed E-state index contributed by atoms with van der Waals surface area (Å²) in [5.74, 6) is 0.656. The van der Waals surface area contributed by atoms with E-state index in [1.807, 2.05) is 0 Å². The van der Waals surface area contributed by atoms with Gasteiger partial charge in [-0.15, -0.1) is 0 Å². The topological polar surface area (TPSA) is 35.2 Å². The van der Waals surface area contributed by atoms with Gasteiger partial charge < -0.3 is 10.5 Å². The molecule has 4 heteroatoms. The zero-order chi connectivity index (χ0) is 10.6. The fourth-order valence-electron chi connectivity index (χ4n) is 1.16. The molecule has 14 heavy (non-hydrogen) atoms. The Morgan fingerprint density at radius 3 is 2.71 bits per heavy atom. The zero-order valence-corrected chi connectivity index (χ0v) is 7.91. The third-order valence-electron chi connectivity index (χ3n) is 1.93. The van der Waals surface area contributed by atoms with Crippen LogP contribution < -0.4 is 10.5 Å². The van der Waals surface area contributed by atoms with Gasteiger partial charge in [0, 0.05) is 0 Å². The predicted octanol–water partition coefficient (Wildman–Crippen LogP) is 1.83. The van der Waals surface area contributed by atoms with Crippen molar-refractivity contribution in [2.45, 2.75) is 18.9 Å². The molecule has 0 aliphatic rings. The lowest BCUT2D eigenvalue weighted by molar-refractivity contribution is 0.116. The van der Waals surface area contributed by atoms with Gasteiger partial charge in [0.05, 0.1) is 13.2 Å². The Morgan fingerprint density at radius 2 is 2.14 bits per heavy atom.